The van der Waals surface area contributed by atoms with E-state index >= 15 is 0 Å². The summed E-state index contributed by atoms with van der Waals surface area (Å²) in [6.07, 6.45) is 0. The molecule has 0 radical (unpaired) electrons. The van der Waals surface area contributed by atoms with Gasteiger partial charge in [0.15, 0.2) is 11.6 Å². The van der Waals surface area contributed by atoms with Crippen LogP contribution in [0.2, 0.25) is 0 Å². The molecule has 0 bridgehead atoms. The van der Waals surface area contributed by atoms with Gasteiger partial charge in [-0.3, -0.25) is 4.90 Å². The monoisotopic (exact) mass is 853 g/mol. The Morgan fingerprint density at radius 1 is 0.333 bits per heavy atom. The lowest BCUT2D eigenvalue weighted by Crippen LogP contribution is -2.17. The molecule has 5 nitrogen and oxygen atoms in total. The molecular formula is C61H51N5. The van der Waals surface area contributed by atoms with E-state index in [4.69, 9.17) is 15.0 Å². The van der Waals surface area contributed by atoms with Gasteiger partial charge >= 0.3 is 0 Å². The maximum absolute atomic E-state index is 5.49. The zero-order valence-electron chi connectivity index (χ0n) is 38.3. The second kappa shape index (κ2) is 17.8. The Morgan fingerprint density at radius 3 is 1.41 bits per heavy atom. The highest BCUT2D eigenvalue weighted by atomic mass is 15.3. The molecule has 0 saturated heterocycles. The molecule has 9 aromatic carbocycles. The SMILES string of the molecule is Cc1cc(C)c(N(c2ccc(N(c3cccc(-c4ccccc4)c3)c3nc(-c4ccccc4)nc(-c4ccc5ccccc5c4-c4ccccc4)n3)cc2)c2c(C)cc(C)cc2C)c(C)c1. The molecular weight excluding hydrogens is 803 g/mol. The molecule has 320 valence electrons. The van der Waals surface area contributed by atoms with Gasteiger partial charge in [0.1, 0.15) is 0 Å². The second-order valence-corrected chi connectivity index (χ2v) is 17.3. The van der Waals surface area contributed by atoms with Crippen LogP contribution in [-0.2, 0) is 0 Å². The smallest absolute Gasteiger partial charge is 0.238 e. The molecule has 1 aromatic heterocycles. The third kappa shape index (κ3) is 8.12. The summed E-state index contributed by atoms with van der Waals surface area (Å²) in [5.41, 5.74) is 18.9. The minimum Gasteiger partial charge on any atom is -0.309 e. The van der Waals surface area contributed by atoms with Gasteiger partial charge in [0.2, 0.25) is 5.95 Å². The van der Waals surface area contributed by atoms with E-state index in [1.165, 1.54) is 44.8 Å². The van der Waals surface area contributed by atoms with Crippen molar-refractivity contribution in [2.45, 2.75) is 41.5 Å². The van der Waals surface area contributed by atoms with Crippen LogP contribution in [-0.4, -0.2) is 15.0 Å². The number of nitrogens with zero attached hydrogens (tertiary/aromatic N) is 5. The zero-order chi connectivity index (χ0) is 45.3. The number of anilines is 6. The van der Waals surface area contributed by atoms with Crippen molar-refractivity contribution < 1.29 is 0 Å². The highest BCUT2D eigenvalue weighted by molar-refractivity contribution is 6.03. The largest absolute Gasteiger partial charge is 0.309 e. The summed E-state index contributed by atoms with van der Waals surface area (Å²) in [7, 11) is 0. The van der Waals surface area contributed by atoms with Gasteiger partial charge in [-0.2, -0.15) is 9.97 Å². The van der Waals surface area contributed by atoms with Crippen molar-refractivity contribution in [3.63, 3.8) is 0 Å². The number of rotatable bonds is 10. The lowest BCUT2D eigenvalue weighted by atomic mass is 9.93. The highest BCUT2D eigenvalue weighted by Crippen LogP contribution is 2.45. The fraction of sp³-hybridized carbons (Fsp3) is 0.0984. The van der Waals surface area contributed by atoms with E-state index in [1.54, 1.807) is 0 Å². The van der Waals surface area contributed by atoms with Gasteiger partial charge in [-0.05, 0) is 134 Å². The zero-order valence-corrected chi connectivity index (χ0v) is 38.3. The van der Waals surface area contributed by atoms with Gasteiger partial charge in [-0.25, -0.2) is 4.98 Å². The van der Waals surface area contributed by atoms with Crippen LogP contribution < -0.4 is 9.80 Å². The molecule has 0 aliphatic carbocycles. The Hall–Kier alpha value is -8.15. The maximum atomic E-state index is 5.49. The molecule has 0 unspecified atom stereocenters. The van der Waals surface area contributed by atoms with Gasteiger partial charge in [0, 0.05) is 33.8 Å². The Morgan fingerprint density at radius 2 is 0.818 bits per heavy atom. The highest BCUT2D eigenvalue weighted by Gasteiger charge is 2.25. The standard InChI is InChI=1S/C61H51N5/c1-40-35-42(3)57(43(4)36-40)66(58-44(5)37-41(2)38-45(58)6)52-32-30-51(31-33-52)65(53-27-18-26-50(39-53)46-19-10-7-11-20-46)61-63-59(49-24-14-9-15-25-49)62-60(64-61)55-34-29-47-21-16-17-28-54(47)56(55)48-22-12-8-13-23-48/h7-39H,1-6H3. The van der Waals surface area contributed by atoms with Crippen LogP contribution in [0.1, 0.15) is 33.4 Å². The van der Waals surface area contributed by atoms with E-state index in [9.17, 15) is 0 Å². The summed E-state index contributed by atoms with van der Waals surface area (Å²) in [5, 5.41) is 2.29. The average Bonchev–Trinajstić information content (AvgIpc) is 3.34. The first-order valence-corrected chi connectivity index (χ1v) is 22.6. The third-order valence-corrected chi connectivity index (χ3v) is 12.4. The van der Waals surface area contributed by atoms with Crippen LogP contribution in [0.4, 0.5) is 34.4 Å². The van der Waals surface area contributed by atoms with Crippen LogP contribution in [0.15, 0.2) is 200 Å². The number of hydrogen-bond acceptors (Lipinski definition) is 5. The molecule has 0 atom stereocenters. The van der Waals surface area contributed by atoms with Crippen LogP contribution in [0.25, 0.3) is 55.8 Å². The summed E-state index contributed by atoms with van der Waals surface area (Å²) in [6.45, 7) is 13.2. The molecule has 10 aromatic rings. The number of aryl methyl sites for hydroxylation is 6. The molecule has 0 spiro atoms. The van der Waals surface area contributed by atoms with Crippen LogP contribution in [0, 0.1) is 41.5 Å². The van der Waals surface area contributed by atoms with E-state index in [0.29, 0.717) is 17.6 Å². The Labute approximate surface area is 388 Å². The van der Waals surface area contributed by atoms with Crippen LogP contribution in [0.3, 0.4) is 0 Å². The van der Waals surface area contributed by atoms with Crippen molar-refractivity contribution in [2.24, 2.45) is 0 Å². The molecule has 0 aliphatic heterocycles. The number of hydrogen-bond donors (Lipinski definition) is 0. The van der Waals surface area contributed by atoms with Gasteiger partial charge in [-0.1, -0.05) is 169 Å². The third-order valence-electron chi connectivity index (χ3n) is 12.4. The number of fused-ring (bicyclic) bond motifs is 1. The Kier molecular flexibility index (Phi) is 11.3. The predicted molar refractivity (Wildman–Crippen MR) is 277 cm³/mol. The topological polar surface area (TPSA) is 45.2 Å². The number of benzene rings is 9. The van der Waals surface area contributed by atoms with Crippen molar-refractivity contribution >= 4 is 45.2 Å². The average molecular weight is 854 g/mol. The lowest BCUT2D eigenvalue weighted by molar-refractivity contribution is 1.02. The Bertz CT molecular complexity index is 3260. The lowest BCUT2D eigenvalue weighted by Gasteiger charge is -2.32. The van der Waals surface area contributed by atoms with Gasteiger partial charge < -0.3 is 4.90 Å². The van der Waals surface area contributed by atoms with E-state index in [2.05, 4.69) is 233 Å². The normalized spacial score (nSPS) is 11.2. The van der Waals surface area contributed by atoms with Crippen LogP contribution in [0.5, 0.6) is 0 Å². The van der Waals surface area contributed by atoms with E-state index in [1.807, 2.05) is 18.2 Å². The fourth-order valence-electron chi connectivity index (χ4n) is 9.68. The minimum atomic E-state index is 0.510. The summed E-state index contributed by atoms with van der Waals surface area (Å²) < 4.78 is 0. The number of aromatic nitrogens is 3. The fourth-order valence-corrected chi connectivity index (χ4v) is 9.68. The summed E-state index contributed by atoms with van der Waals surface area (Å²) in [5.74, 6) is 1.69. The maximum Gasteiger partial charge on any atom is 0.238 e. The van der Waals surface area contributed by atoms with Crippen molar-refractivity contribution in [2.75, 3.05) is 9.80 Å². The van der Waals surface area contributed by atoms with Crippen molar-refractivity contribution in [1.82, 2.24) is 15.0 Å². The molecule has 0 fully saturated rings. The molecule has 1 heterocycles. The second-order valence-electron chi connectivity index (χ2n) is 17.3. The van der Waals surface area contributed by atoms with E-state index < -0.39 is 0 Å². The molecule has 0 N–H and O–H groups in total. The minimum absolute atomic E-state index is 0.510. The molecule has 0 aliphatic rings. The summed E-state index contributed by atoms with van der Waals surface area (Å²) in [6, 6.07) is 70.8. The van der Waals surface area contributed by atoms with Gasteiger partial charge in [-0.15, -0.1) is 0 Å². The first-order valence-electron chi connectivity index (χ1n) is 22.6. The van der Waals surface area contributed by atoms with E-state index in [0.717, 1.165) is 61.2 Å². The summed E-state index contributed by atoms with van der Waals surface area (Å²) >= 11 is 0. The van der Waals surface area contributed by atoms with Crippen LogP contribution >= 0.6 is 0 Å². The van der Waals surface area contributed by atoms with Crippen molar-refractivity contribution in [3.05, 3.63) is 234 Å². The van der Waals surface area contributed by atoms with E-state index in [-0.39, 0.29) is 0 Å². The molecule has 10 rings (SSSR count). The molecule has 0 amide bonds. The predicted octanol–water partition coefficient (Wildman–Crippen LogP) is 16.5. The van der Waals surface area contributed by atoms with Gasteiger partial charge in [0.25, 0.3) is 0 Å². The molecule has 0 saturated carbocycles. The Balaban J connectivity index is 1.21. The molecule has 5 heteroatoms. The first kappa shape index (κ1) is 41.8. The quantitative estimate of drug-likeness (QED) is 0.137. The van der Waals surface area contributed by atoms with Crippen molar-refractivity contribution in [1.29, 1.82) is 0 Å². The van der Waals surface area contributed by atoms with Gasteiger partial charge in [0.05, 0.1) is 11.4 Å². The van der Waals surface area contributed by atoms with Crippen molar-refractivity contribution in [3.8, 4) is 45.0 Å². The first-order chi connectivity index (χ1) is 32.2. The molecule has 66 heavy (non-hydrogen) atoms. The summed E-state index contributed by atoms with van der Waals surface area (Å²) in [4.78, 5) is 20.8.